The average Bonchev–Trinajstić information content (AvgIpc) is 2.17. The second-order valence-electron chi connectivity index (χ2n) is 2.84. The molecule has 2 rings (SSSR count). The number of aromatic amines is 1. The first-order chi connectivity index (χ1) is 7.18. The molecule has 0 radical (unpaired) electrons. The Balaban J connectivity index is 2.75. The number of hydrogen-bond acceptors (Lipinski definition) is 4. The molecule has 0 saturated heterocycles. The number of aromatic hydroxyl groups is 1. The molecule has 2 aromatic rings. The van der Waals surface area contributed by atoms with Gasteiger partial charge in [0.25, 0.3) is 5.56 Å². The predicted molar refractivity (Wildman–Crippen MR) is 52.1 cm³/mol. The van der Waals surface area contributed by atoms with Crippen molar-refractivity contribution in [2.75, 3.05) is 0 Å². The molecule has 0 aliphatic rings. The summed E-state index contributed by atoms with van der Waals surface area (Å²) >= 11 is 0. The SMILES string of the molecule is O=c1cc(O)n(-c2cccnc2)c(=O)[nH]1. The van der Waals surface area contributed by atoms with E-state index in [9.17, 15) is 14.7 Å². The van der Waals surface area contributed by atoms with Crippen molar-refractivity contribution in [3.8, 4) is 11.6 Å². The topological polar surface area (TPSA) is 88.0 Å². The third kappa shape index (κ3) is 1.64. The van der Waals surface area contributed by atoms with Gasteiger partial charge in [0.05, 0.1) is 18.0 Å². The van der Waals surface area contributed by atoms with Gasteiger partial charge in [0.2, 0.25) is 5.88 Å². The lowest BCUT2D eigenvalue weighted by Crippen LogP contribution is -2.27. The number of rotatable bonds is 1. The van der Waals surface area contributed by atoms with Crippen LogP contribution in [0.4, 0.5) is 0 Å². The summed E-state index contributed by atoms with van der Waals surface area (Å²) in [6, 6.07) is 4.13. The molecule has 0 spiro atoms. The van der Waals surface area contributed by atoms with E-state index in [0.29, 0.717) is 5.69 Å². The summed E-state index contributed by atoms with van der Waals surface area (Å²) in [6.45, 7) is 0. The molecule has 0 amide bonds. The van der Waals surface area contributed by atoms with E-state index in [1.165, 1.54) is 12.4 Å². The molecule has 6 heteroatoms. The minimum Gasteiger partial charge on any atom is -0.494 e. The maximum Gasteiger partial charge on any atom is 0.335 e. The van der Waals surface area contributed by atoms with Gasteiger partial charge in [-0.25, -0.2) is 9.36 Å². The Labute approximate surface area is 83.5 Å². The quantitative estimate of drug-likeness (QED) is 0.664. The number of H-pyrrole nitrogens is 1. The molecule has 0 bridgehead atoms. The predicted octanol–water partition coefficient (Wildman–Crippen LogP) is -0.374. The molecule has 15 heavy (non-hydrogen) atoms. The van der Waals surface area contributed by atoms with Crippen molar-refractivity contribution in [2.45, 2.75) is 0 Å². The summed E-state index contributed by atoms with van der Waals surface area (Å²) in [6.07, 6.45) is 2.94. The van der Waals surface area contributed by atoms with Crippen molar-refractivity contribution in [3.63, 3.8) is 0 Å². The number of pyridine rings is 1. The minimum atomic E-state index is -0.701. The maximum atomic E-state index is 11.4. The van der Waals surface area contributed by atoms with Crippen molar-refractivity contribution >= 4 is 0 Å². The van der Waals surface area contributed by atoms with Crippen LogP contribution in [-0.4, -0.2) is 19.6 Å². The summed E-state index contributed by atoms with van der Waals surface area (Å²) < 4.78 is 0.953. The Bertz CT molecular complexity index is 586. The van der Waals surface area contributed by atoms with Gasteiger partial charge in [0.15, 0.2) is 0 Å². The molecule has 0 aliphatic carbocycles. The lowest BCUT2D eigenvalue weighted by atomic mass is 10.4. The van der Waals surface area contributed by atoms with Crippen molar-refractivity contribution in [3.05, 3.63) is 51.4 Å². The second kappa shape index (κ2) is 3.41. The van der Waals surface area contributed by atoms with E-state index in [1.807, 2.05) is 4.98 Å². The van der Waals surface area contributed by atoms with Gasteiger partial charge in [-0.2, -0.15) is 0 Å². The van der Waals surface area contributed by atoms with E-state index in [1.54, 1.807) is 12.1 Å². The van der Waals surface area contributed by atoms with E-state index in [-0.39, 0.29) is 0 Å². The fourth-order valence-electron chi connectivity index (χ4n) is 1.22. The van der Waals surface area contributed by atoms with Crippen molar-refractivity contribution in [2.24, 2.45) is 0 Å². The highest BCUT2D eigenvalue weighted by Gasteiger charge is 2.05. The number of aromatic nitrogens is 3. The maximum absolute atomic E-state index is 11.4. The van der Waals surface area contributed by atoms with E-state index in [4.69, 9.17) is 0 Å². The first-order valence-electron chi connectivity index (χ1n) is 4.14. The van der Waals surface area contributed by atoms with Crippen LogP contribution < -0.4 is 11.2 Å². The molecule has 0 unspecified atom stereocenters. The Morgan fingerprint density at radius 2 is 2.20 bits per heavy atom. The molecule has 0 aliphatic heterocycles. The normalized spacial score (nSPS) is 10.1. The van der Waals surface area contributed by atoms with Crippen LogP contribution >= 0.6 is 0 Å². The molecule has 2 aromatic heterocycles. The molecular weight excluding hydrogens is 198 g/mol. The standard InChI is InChI=1S/C9H7N3O3/c13-7-4-8(14)12(9(15)11-7)6-2-1-3-10-5-6/h1-5,14H,(H,11,13,15). The zero-order valence-electron chi connectivity index (χ0n) is 7.54. The van der Waals surface area contributed by atoms with Gasteiger partial charge in [0, 0.05) is 6.20 Å². The second-order valence-corrected chi connectivity index (χ2v) is 2.84. The van der Waals surface area contributed by atoms with Crippen LogP contribution in [0.1, 0.15) is 0 Å². The lowest BCUT2D eigenvalue weighted by Gasteiger charge is -2.05. The van der Waals surface area contributed by atoms with Crippen molar-refractivity contribution < 1.29 is 5.11 Å². The van der Waals surface area contributed by atoms with E-state index in [2.05, 4.69) is 4.98 Å². The molecular formula is C9H7N3O3. The third-order valence-corrected chi connectivity index (χ3v) is 1.83. The summed E-state index contributed by atoms with van der Waals surface area (Å²) in [5, 5.41) is 9.44. The van der Waals surface area contributed by atoms with Crippen LogP contribution in [0.25, 0.3) is 5.69 Å². The van der Waals surface area contributed by atoms with Crippen LogP contribution in [0.2, 0.25) is 0 Å². The largest absolute Gasteiger partial charge is 0.494 e. The summed E-state index contributed by atoms with van der Waals surface area (Å²) in [5.41, 5.74) is -0.957. The van der Waals surface area contributed by atoms with Crippen LogP contribution in [0, 0.1) is 0 Å². The monoisotopic (exact) mass is 205 g/mol. The van der Waals surface area contributed by atoms with Crippen LogP contribution in [0.3, 0.4) is 0 Å². The summed E-state index contributed by atoms with van der Waals surface area (Å²) in [7, 11) is 0. The number of nitrogens with one attached hydrogen (secondary N) is 1. The first kappa shape index (κ1) is 9.20. The Kier molecular flexibility index (Phi) is 2.09. The number of nitrogens with zero attached hydrogens (tertiary/aromatic N) is 2. The van der Waals surface area contributed by atoms with Gasteiger partial charge in [0.1, 0.15) is 0 Å². The van der Waals surface area contributed by atoms with Crippen molar-refractivity contribution in [1.29, 1.82) is 0 Å². The van der Waals surface area contributed by atoms with E-state index >= 15 is 0 Å². The number of hydrogen-bond donors (Lipinski definition) is 2. The minimum absolute atomic E-state index is 0.385. The van der Waals surface area contributed by atoms with Crippen LogP contribution in [-0.2, 0) is 0 Å². The van der Waals surface area contributed by atoms with E-state index in [0.717, 1.165) is 10.6 Å². The molecule has 0 saturated carbocycles. The van der Waals surface area contributed by atoms with Crippen LogP contribution in [0.15, 0.2) is 40.2 Å². The Morgan fingerprint density at radius 3 is 2.80 bits per heavy atom. The molecule has 2 N–H and O–H groups in total. The smallest absolute Gasteiger partial charge is 0.335 e. The highest BCUT2D eigenvalue weighted by Crippen LogP contribution is 2.08. The molecule has 0 aromatic carbocycles. The fraction of sp³-hybridized carbons (Fsp3) is 0. The third-order valence-electron chi connectivity index (χ3n) is 1.83. The summed E-state index contributed by atoms with van der Waals surface area (Å²) in [4.78, 5) is 28.1. The van der Waals surface area contributed by atoms with Crippen molar-refractivity contribution in [1.82, 2.24) is 14.5 Å². The van der Waals surface area contributed by atoms with Gasteiger partial charge in [-0.15, -0.1) is 0 Å². The molecule has 6 nitrogen and oxygen atoms in total. The molecule has 2 heterocycles. The Morgan fingerprint density at radius 1 is 1.40 bits per heavy atom. The van der Waals surface area contributed by atoms with Crippen LogP contribution in [0.5, 0.6) is 5.88 Å². The van der Waals surface area contributed by atoms with E-state index < -0.39 is 17.1 Å². The van der Waals surface area contributed by atoms with Gasteiger partial charge < -0.3 is 5.11 Å². The van der Waals surface area contributed by atoms with Gasteiger partial charge in [-0.3, -0.25) is 14.8 Å². The zero-order chi connectivity index (χ0) is 10.8. The fourth-order valence-corrected chi connectivity index (χ4v) is 1.22. The lowest BCUT2D eigenvalue weighted by molar-refractivity contribution is 0.431. The highest BCUT2D eigenvalue weighted by molar-refractivity contribution is 5.31. The van der Waals surface area contributed by atoms with Gasteiger partial charge >= 0.3 is 5.69 Å². The highest BCUT2D eigenvalue weighted by atomic mass is 16.3. The average molecular weight is 205 g/mol. The Hall–Kier alpha value is -2.37. The molecule has 0 fully saturated rings. The first-order valence-corrected chi connectivity index (χ1v) is 4.14. The van der Waals surface area contributed by atoms with Gasteiger partial charge in [-0.1, -0.05) is 0 Å². The molecule has 76 valence electrons. The summed E-state index contributed by atoms with van der Waals surface area (Å²) in [5.74, 6) is -0.420. The zero-order valence-corrected chi connectivity index (χ0v) is 7.54. The molecule has 0 atom stereocenters. The van der Waals surface area contributed by atoms with Gasteiger partial charge in [-0.05, 0) is 12.1 Å².